The minimum atomic E-state index is -4.14. The Morgan fingerprint density at radius 2 is 1.88 bits per heavy atom. The molecule has 3 saturated heterocycles. The highest BCUT2D eigenvalue weighted by molar-refractivity contribution is 8.07. The van der Waals surface area contributed by atoms with E-state index < -0.39 is 61.3 Å². The molecule has 42 heavy (non-hydrogen) atoms. The molecule has 7 heterocycles. The number of imidazole rings is 1. The molecule has 0 amide bonds. The molecule has 3 fully saturated rings. The van der Waals surface area contributed by atoms with Crippen LogP contribution in [-0.2, 0) is 30.3 Å². The van der Waals surface area contributed by atoms with Crippen molar-refractivity contribution >= 4 is 52.6 Å². The first kappa shape index (κ1) is 27.6. The second-order valence-corrected chi connectivity index (χ2v) is 13.0. The van der Waals surface area contributed by atoms with E-state index in [1.165, 1.54) is 21.9 Å². The topological polar surface area (TPSA) is 229 Å². The van der Waals surface area contributed by atoms with Crippen LogP contribution in [0.2, 0.25) is 0 Å². The highest BCUT2D eigenvalue weighted by Crippen LogP contribution is 2.52. The maximum Gasteiger partial charge on any atom is 0.325 e. The molecule has 3 aliphatic rings. The van der Waals surface area contributed by atoms with Crippen molar-refractivity contribution in [2.75, 3.05) is 18.1 Å². The van der Waals surface area contributed by atoms with E-state index in [9.17, 15) is 9.69 Å². The zero-order valence-electron chi connectivity index (χ0n) is 21.4. The lowest BCUT2D eigenvalue weighted by atomic mass is 9.92. The van der Waals surface area contributed by atoms with Gasteiger partial charge in [-0.05, 0) is 24.6 Å². The summed E-state index contributed by atoms with van der Waals surface area (Å²) >= 11 is 5.21. The van der Waals surface area contributed by atoms with Gasteiger partial charge in [0.05, 0.1) is 25.1 Å². The lowest BCUT2D eigenvalue weighted by Crippen LogP contribution is -2.32. The quantitative estimate of drug-likeness (QED) is 0.221. The molecule has 2 bridgehead atoms. The SMILES string of the molecule is Nc1nc2c(ncn2[C@@H]2OC3CCC[C@H]4[C@H](F)[C@H](n5nnc6c(N)ncnc65)O[C@@H]4COP(O)(=S)O[C@@H]2[C@@H]3F)c(=O)[nH]1. The summed E-state index contributed by atoms with van der Waals surface area (Å²) in [5, 5.41) is 7.91. The number of nitrogens with zero attached hydrogens (tertiary/aromatic N) is 8. The number of alkyl halides is 2. The van der Waals surface area contributed by atoms with Crippen LogP contribution in [0.3, 0.4) is 0 Å². The third kappa shape index (κ3) is 4.53. The summed E-state index contributed by atoms with van der Waals surface area (Å²) in [5.41, 5.74) is 11.3. The monoisotopic (exact) mass is 627 g/mol. The van der Waals surface area contributed by atoms with Gasteiger partial charge in [-0.1, -0.05) is 11.6 Å². The number of aromatic amines is 1. The Morgan fingerprint density at radius 3 is 2.71 bits per heavy atom. The van der Waals surface area contributed by atoms with Gasteiger partial charge in [-0.15, -0.1) is 5.10 Å². The summed E-state index contributed by atoms with van der Waals surface area (Å²) < 4.78 is 57.5. The molecular formula is C21H24F2N11O6PS. The predicted molar refractivity (Wildman–Crippen MR) is 142 cm³/mol. The molecule has 9 atom stereocenters. The van der Waals surface area contributed by atoms with Gasteiger partial charge in [0.2, 0.25) is 5.95 Å². The number of anilines is 2. The third-order valence-corrected chi connectivity index (χ3v) is 9.24. The fraction of sp³-hybridized carbons (Fsp3) is 0.571. The Labute approximate surface area is 238 Å². The van der Waals surface area contributed by atoms with Gasteiger partial charge >= 0.3 is 6.72 Å². The van der Waals surface area contributed by atoms with Crippen LogP contribution in [0, 0.1) is 5.92 Å². The van der Waals surface area contributed by atoms with Crippen molar-refractivity contribution in [1.29, 1.82) is 0 Å². The van der Waals surface area contributed by atoms with Gasteiger partial charge in [-0.2, -0.15) is 9.67 Å². The second kappa shape index (κ2) is 10.2. The number of hydrogen-bond donors (Lipinski definition) is 4. The van der Waals surface area contributed by atoms with Gasteiger partial charge < -0.3 is 30.4 Å². The van der Waals surface area contributed by atoms with Crippen LogP contribution in [0.5, 0.6) is 0 Å². The average Bonchev–Trinajstić information content (AvgIpc) is 3.69. The largest absolute Gasteiger partial charge is 0.382 e. The zero-order valence-corrected chi connectivity index (χ0v) is 23.1. The predicted octanol–water partition coefficient (Wildman–Crippen LogP) is 0.409. The standard InChI is InChI=1S/C21H24F2N11O6PS/c22-10-7-2-1-3-8-11(23)14(20(38-8)33-6-28-13-17(33)29-21(25)30-18(13)35)40-41(36,42)37-4-9(7)39-19(10)34-16-12(31-32-34)15(24)26-5-27-16/h5-11,14,19-20H,1-4H2,(H,36,42)(H2,24,26,27)(H3,25,29,30,35)/t7-,8?,9-,10+,11-,14-,19-,20-,41?/m1/s1. The van der Waals surface area contributed by atoms with Crippen molar-refractivity contribution in [3.63, 3.8) is 0 Å². The van der Waals surface area contributed by atoms with E-state index in [-0.39, 0.29) is 53.5 Å². The zero-order chi connectivity index (χ0) is 29.3. The van der Waals surface area contributed by atoms with Gasteiger partial charge in [-0.25, -0.2) is 23.7 Å². The Kier molecular flexibility index (Phi) is 6.68. The summed E-state index contributed by atoms with van der Waals surface area (Å²) in [6, 6.07) is 0. The summed E-state index contributed by atoms with van der Waals surface area (Å²) in [4.78, 5) is 41.7. The van der Waals surface area contributed by atoms with Gasteiger partial charge in [0.25, 0.3) is 5.56 Å². The summed E-state index contributed by atoms with van der Waals surface area (Å²) in [5.74, 6) is -0.845. The van der Waals surface area contributed by atoms with Crippen LogP contribution in [-0.4, -0.2) is 86.6 Å². The Morgan fingerprint density at radius 1 is 1.07 bits per heavy atom. The van der Waals surface area contributed by atoms with Crippen molar-refractivity contribution < 1.29 is 32.2 Å². The van der Waals surface area contributed by atoms with E-state index in [0.29, 0.717) is 6.42 Å². The highest BCUT2D eigenvalue weighted by Gasteiger charge is 2.52. The van der Waals surface area contributed by atoms with E-state index in [2.05, 4.69) is 35.2 Å². The third-order valence-electron chi connectivity index (χ3n) is 7.68. The molecule has 4 aromatic heterocycles. The normalized spacial score (nSPS) is 35.7. The first-order valence-electron chi connectivity index (χ1n) is 12.9. The molecule has 0 aromatic carbocycles. The van der Waals surface area contributed by atoms with Crippen molar-refractivity contribution in [3.05, 3.63) is 23.0 Å². The lowest BCUT2D eigenvalue weighted by molar-refractivity contribution is -0.0487. The Bertz CT molecular complexity index is 1770. The summed E-state index contributed by atoms with van der Waals surface area (Å²) in [7, 11) is 0. The van der Waals surface area contributed by atoms with Crippen molar-refractivity contribution in [1.82, 2.24) is 44.5 Å². The van der Waals surface area contributed by atoms with Crippen molar-refractivity contribution in [2.24, 2.45) is 5.92 Å². The molecule has 6 N–H and O–H groups in total. The van der Waals surface area contributed by atoms with Crippen LogP contribution < -0.4 is 17.0 Å². The Hall–Kier alpha value is -3.26. The van der Waals surface area contributed by atoms with E-state index in [0.717, 1.165) is 0 Å². The number of rotatable bonds is 2. The first-order chi connectivity index (χ1) is 20.1. The lowest BCUT2D eigenvalue weighted by Gasteiger charge is -2.27. The van der Waals surface area contributed by atoms with Crippen LogP contribution in [0.25, 0.3) is 22.3 Å². The second-order valence-electron chi connectivity index (χ2n) is 10.2. The molecule has 4 aromatic rings. The molecule has 2 unspecified atom stereocenters. The highest BCUT2D eigenvalue weighted by atomic mass is 32.5. The van der Waals surface area contributed by atoms with E-state index in [1.807, 2.05) is 0 Å². The number of nitrogen functional groups attached to an aromatic ring is 2. The Balaban J connectivity index is 1.17. The number of aromatic nitrogens is 9. The maximum absolute atomic E-state index is 15.9. The minimum Gasteiger partial charge on any atom is -0.382 e. The fourth-order valence-corrected chi connectivity index (χ4v) is 7.13. The van der Waals surface area contributed by atoms with Crippen LogP contribution >= 0.6 is 6.72 Å². The summed E-state index contributed by atoms with van der Waals surface area (Å²) in [6.07, 6.45) is -5.93. The molecule has 0 saturated carbocycles. The number of H-pyrrole nitrogens is 1. The minimum absolute atomic E-state index is 0.0288. The first-order valence-corrected chi connectivity index (χ1v) is 15.5. The number of halogens is 2. The molecule has 7 rings (SSSR count). The molecule has 3 aliphatic heterocycles. The van der Waals surface area contributed by atoms with E-state index in [4.69, 9.17) is 41.8 Å². The molecule has 0 aliphatic carbocycles. The van der Waals surface area contributed by atoms with Gasteiger partial charge in [0, 0.05) is 5.92 Å². The van der Waals surface area contributed by atoms with Crippen LogP contribution in [0.1, 0.15) is 31.7 Å². The smallest absolute Gasteiger partial charge is 0.325 e. The average molecular weight is 628 g/mol. The molecular weight excluding hydrogens is 603 g/mol. The van der Waals surface area contributed by atoms with Crippen LogP contribution in [0.4, 0.5) is 20.5 Å². The van der Waals surface area contributed by atoms with Crippen molar-refractivity contribution in [3.8, 4) is 0 Å². The van der Waals surface area contributed by atoms with Crippen LogP contribution in [0.15, 0.2) is 17.4 Å². The van der Waals surface area contributed by atoms with Gasteiger partial charge in [0.1, 0.15) is 12.4 Å². The van der Waals surface area contributed by atoms with Gasteiger partial charge in [-0.3, -0.25) is 18.9 Å². The fourth-order valence-electron chi connectivity index (χ4n) is 5.72. The molecule has 21 heteroatoms. The molecule has 0 spiro atoms. The number of nitrogens with two attached hydrogens (primary N) is 2. The number of nitrogens with one attached hydrogen (secondary N) is 1. The van der Waals surface area contributed by atoms with Gasteiger partial charge in [0.15, 0.2) is 52.9 Å². The maximum atomic E-state index is 15.9. The van der Waals surface area contributed by atoms with Crippen molar-refractivity contribution in [2.45, 2.75) is 62.4 Å². The number of fused-ring (bicyclic) bond motifs is 5. The number of hydrogen-bond acceptors (Lipinski definition) is 14. The molecule has 17 nitrogen and oxygen atoms in total. The molecule has 224 valence electrons. The van der Waals surface area contributed by atoms with E-state index >= 15 is 8.78 Å². The number of ether oxygens (including phenoxy) is 2. The summed E-state index contributed by atoms with van der Waals surface area (Å²) in [6.45, 7) is -4.49. The van der Waals surface area contributed by atoms with E-state index in [1.54, 1.807) is 0 Å². The molecule has 0 radical (unpaired) electrons.